The Balaban J connectivity index is 1.53. The van der Waals surface area contributed by atoms with Crippen LogP contribution >= 0.6 is 23.4 Å². The third-order valence-corrected chi connectivity index (χ3v) is 4.97. The predicted molar refractivity (Wildman–Crippen MR) is 87.0 cm³/mol. The minimum atomic E-state index is -0.179. The first-order chi connectivity index (χ1) is 10.6. The Morgan fingerprint density at radius 2 is 2.18 bits per heavy atom. The fourth-order valence-corrected chi connectivity index (χ4v) is 3.44. The third kappa shape index (κ3) is 3.44. The van der Waals surface area contributed by atoms with Gasteiger partial charge in [-0.2, -0.15) is 0 Å². The molecule has 1 amide bonds. The first-order valence-corrected chi connectivity index (χ1v) is 8.50. The molecule has 1 atom stereocenters. The van der Waals surface area contributed by atoms with Gasteiger partial charge in [-0.05, 0) is 37.6 Å². The maximum Gasteiger partial charge on any atom is 0.233 e. The molecule has 0 bridgehead atoms. The zero-order chi connectivity index (χ0) is 15.5. The Bertz CT molecular complexity index is 671. The number of aromatic nitrogens is 3. The van der Waals surface area contributed by atoms with E-state index in [9.17, 15) is 4.79 Å². The van der Waals surface area contributed by atoms with Crippen LogP contribution in [0.25, 0.3) is 0 Å². The number of nitrogens with zero attached hydrogens (tertiary/aromatic N) is 3. The molecule has 0 aliphatic carbocycles. The molecule has 0 saturated heterocycles. The van der Waals surface area contributed by atoms with Crippen molar-refractivity contribution in [2.24, 2.45) is 0 Å². The van der Waals surface area contributed by atoms with Gasteiger partial charge in [0.1, 0.15) is 5.82 Å². The van der Waals surface area contributed by atoms with Crippen molar-refractivity contribution in [1.29, 1.82) is 0 Å². The molecule has 0 spiro atoms. The van der Waals surface area contributed by atoms with Gasteiger partial charge < -0.3 is 9.88 Å². The molecule has 1 aliphatic rings. The summed E-state index contributed by atoms with van der Waals surface area (Å²) in [5, 5.41) is 11.7. The number of halogens is 1. The van der Waals surface area contributed by atoms with E-state index in [2.05, 4.69) is 20.1 Å². The van der Waals surface area contributed by atoms with Gasteiger partial charge in [-0.1, -0.05) is 11.6 Å². The van der Waals surface area contributed by atoms with Gasteiger partial charge in [-0.25, -0.2) is 0 Å². The van der Waals surface area contributed by atoms with Crippen molar-refractivity contribution in [3.63, 3.8) is 0 Å². The molecule has 116 valence electrons. The van der Waals surface area contributed by atoms with Crippen LogP contribution < -0.4 is 5.32 Å². The molecule has 0 unspecified atom stereocenters. The monoisotopic (exact) mass is 336 g/mol. The first kappa shape index (κ1) is 15.4. The highest BCUT2D eigenvalue weighted by Gasteiger charge is 2.19. The molecular weight excluding hydrogens is 320 g/mol. The van der Waals surface area contributed by atoms with E-state index in [0.29, 0.717) is 11.6 Å². The average Bonchev–Trinajstić information content (AvgIpc) is 3.11. The normalized spacial score (nSPS) is 14.6. The van der Waals surface area contributed by atoms with Gasteiger partial charge in [0.25, 0.3) is 0 Å². The van der Waals surface area contributed by atoms with Gasteiger partial charge in [0.05, 0.1) is 11.8 Å². The summed E-state index contributed by atoms with van der Waals surface area (Å²) in [5.41, 5.74) is 0. The summed E-state index contributed by atoms with van der Waals surface area (Å²) in [5.74, 6) is 1.85. The van der Waals surface area contributed by atoms with E-state index >= 15 is 0 Å². The van der Waals surface area contributed by atoms with Crippen molar-refractivity contribution in [3.8, 4) is 0 Å². The Morgan fingerprint density at radius 3 is 2.95 bits per heavy atom. The molecule has 2 aromatic rings. The molecule has 5 nitrogen and oxygen atoms in total. The second kappa shape index (κ2) is 6.71. The number of fused-ring (bicyclic) bond motifs is 1. The highest BCUT2D eigenvalue weighted by Crippen LogP contribution is 2.24. The lowest BCUT2D eigenvalue weighted by Crippen LogP contribution is -2.31. The Morgan fingerprint density at radius 1 is 1.41 bits per heavy atom. The fourth-order valence-electron chi connectivity index (χ4n) is 2.42. The van der Waals surface area contributed by atoms with E-state index in [4.69, 9.17) is 11.6 Å². The summed E-state index contributed by atoms with van der Waals surface area (Å²) in [4.78, 5) is 13.2. The molecule has 7 heteroatoms. The fraction of sp³-hybridized carbons (Fsp3) is 0.400. The van der Waals surface area contributed by atoms with Crippen LogP contribution in [0.2, 0.25) is 5.02 Å². The SMILES string of the molecule is C[C@H](Sc1ccc(Cl)cc1)C(=O)NCc1nnc2n1CCC2. The molecule has 0 radical (unpaired) electrons. The number of amides is 1. The van der Waals surface area contributed by atoms with E-state index in [1.165, 1.54) is 11.8 Å². The van der Waals surface area contributed by atoms with Crippen LogP contribution in [-0.4, -0.2) is 25.9 Å². The van der Waals surface area contributed by atoms with Crippen molar-refractivity contribution in [2.45, 2.75) is 43.0 Å². The lowest BCUT2D eigenvalue weighted by atomic mass is 10.4. The van der Waals surface area contributed by atoms with Crippen molar-refractivity contribution >= 4 is 29.3 Å². The van der Waals surface area contributed by atoms with E-state index in [1.54, 1.807) is 0 Å². The van der Waals surface area contributed by atoms with Gasteiger partial charge in [-0.15, -0.1) is 22.0 Å². The Labute approximate surface area is 138 Å². The number of carbonyl (C=O) groups excluding carboxylic acids is 1. The number of hydrogen-bond acceptors (Lipinski definition) is 4. The first-order valence-electron chi connectivity index (χ1n) is 7.24. The summed E-state index contributed by atoms with van der Waals surface area (Å²) in [6, 6.07) is 7.49. The van der Waals surface area contributed by atoms with Gasteiger partial charge in [0, 0.05) is 22.9 Å². The lowest BCUT2D eigenvalue weighted by molar-refractivity contribution is -0.120. The number of carbonyl (C=O) groups is 1. The van der Waals surface area contributed by atoms with Crippen molar-refractivity contribution in [2.75, 3.05) is 0 Å². The van der Waals surface area contributed by atoms with E-state index in [0.717, 1.165) is 35.9 Å². The summed E-state index contributed by atoms with van der Waals surface area (Å²) >= 11 is 7.37. The minimum absolute atomic E-state index is 0.00435. The second-order valence-corrected chi connectivity index (χ2v) is 7.07. The third-order valence-electron chi connectivity index (χ3n) is 3.60. The molecule has 2 heterocycles. The van der Waals surface area contributed by atoms with Gasteiger partial charge in [0.15, 0.2) is 5.82 Å². The molecule has 3 rings (SSSR count). The van der Waals surface area contributed by atoms with E-state index < -0.39 is 0 Å². The predicted octanol–water partition coefficient (Wildman–Crippen LogP) is 2.67. The zero-order valence-corrected chi connectivity index (χ0v) is 13.8. The number of hydrogen-bond donors (Lipinski definition) is 1. The van der Waals surface area contributed by atoms with Crippen LogP contribution in [0, 0.1) is 0 Å². The molecule has 1 N–H and O–H groups in total. The van der Waals surface area contributed by atoms with Crippen LogP contribution in [0.3, 0.4) is 0 Å². The van der Waals surface area contributed by atoms with Crippen molar-refractivity contribution in [3.05, 3.63) is 40.9 Å². The highest BCUT2D eigenvalue weighted by atomic mass is 35.5. The van der Waals surface area contributed by atoms with Crippen LogP contribution in [0.15, 0.2) is 29.2 Å². The topological polar surface area (TPSA) is 59.8 Å². The van der Waals surface area contributed by atoms with Crippen molar-refractivity contribution < 1.29 is 4.79 Å². The number of aryl methyl sites for hydroxylation is 1. The lowest BCUT2D eigenvalue weighted by Gasteiger charge is -2.12. The zero-order valence-electron chi connectivity index (χ0n) is 12.3. The second-order valence-electron chi connectivity index (χ2n) is 5.22. The van der Waals surface area contributed by atoms with Gasteiger partial charge in [0.2, 0.25) is 5.91 Å². The molecule has 1 aliphatic heterocycles. The quantitative estimate of drug-likeness (QED) is 0.853. The van der Waals surface area contributed by atoms with Crippen LogP contribution in [0.1, 0.15) is 25.0 Å². The standard InChI is InChI=1S/C15H17ClN4OS/c1-10(22-12-6-4-11(16)5-7-12)15(21)17-9-14-19-18-13-3-2-8-20(13)14/h4-7,10H,2-3,8-9H2,1H3,(H,17,21)/t10-/m0/s1. The van der Waals surface area contributed by atoms with Gasteiger partial charge >= 0.3 is 0 Å². The summed E-state index contributed by atoms with van der Waals surface area (Å²) in [6.45, 7) is 3.27. The van der Waals surface area contributed by atoms with Crippen molar-refractivity contribution in [1.82, 2.24) is 20.1 Å². The number of benzene rings is 1. The van der Waals surface area contributed by atoms with Crippen LogP contribution in [-0.2, 0) is 24.3 Å². The summed E-state index contributed by atoms with van der Waals surface area (Å²) in [6.07, 6.45) is 2.08. The molecular formula is C15H17ClN4OS. The van der Waals surface area contributed by atoms with E-state index in [1.807, 2.05) is 31.2 Å². The number of thioether (sulfide) groups is 1. The largest absolute Gasteiger partial charge is 0.348 e. The van der Waals surface area contributed by atoms with Crippen LogP contribution in [0.4, 0.5) is 0 Å². The molecule has 1 aromatic heterocycles. The summed E-state index contributed by atoms with van der Waals surface area (Å²) in [7, 11) is 0. The number of nitrogens with one attached hydrogen (secondary N) is 1. The van der Waals surface area contributed by atoms with Gasteiger partial charge in [-0.3, -0.25) is 4.79 Å². The maximum atomic E-state index is 12.2. The minimum Gasteiger partial charge on any atom is -0.348 e. The smallest absolute Gasteiger partial charge is 0.233 e. The summed E-state index contributed by atoms with van der Waals surface area (Å²) < 4.78 is 2.09. The van der Waals surface area contributed by atoms with Crippen LogP contribution in [0.5, 0.6) is 0 Å². The molecule has 1 aromatic carbocycles. The maximum absolute atomic E-state index is 12.2. The number of rotatable bonds is 5. The highest BCUT2D eigenvalue weighted by molar-refractivity contribution is 8.00. The average molecular weight is 337 g/mol. The Hall–Kier alpha value is -1.53. The molecule has 0 fully saturated rings. The Kier molecular flexibility index (Phi) is 4.69. The molecule has 0 saturated carbocycles. The molecule has 22 heavy (non-hydrogen) atoms. The van der Waals surface area contributed by atoms with E-state index in [-0.39, 0.29) is 11.2 Å².